The van der Waals surface area contributed by atoms with Gasteiger partial charge in [-0.15, -0.1) is 0 Å². The van der Waals surface area contributed by atoms with Crippen molar-refractivity contribution in [2.24, 2.45) is 0 Å². The summed E-state index contributed by atoms with van der Waals surface area (Å²) in [7, 11) is -3.16. The van der Waals surface area contributed by atoms with E-state index in [1.165, 1.54) is 12.1 Å². The Balaban J connectivity index is 2.72. The maximum absolute atomic E-state index is 12.1. The Morgan fingerprint density at radius 2 is 1.95 bits per heavy atom. The van der Waals surface area contributed by atoms with Gasteiger partial charge in [0.25, 0.3) is 0 Å². The Labute approximate surface area is 129 Å². The highest BCUT2D eigenvalue weighted by Gasteiger charge is 2.28. The summed E-state index contributed by atoms with van der Waals surface area (Å²) in [6.07, 6.45) is -2.98. The number of hydrogen-bond acceptors (Lipinski definition) is 3. The Bertz CT molecular complexity index is 568. The second-order valence-electron chi connectivity index (χ2n) is 5.35. The quantitative estimate of drug-likeness (QED) is 0.721. The molecule has 126 valence electrons. The van der Waals surface area contributed by atoms with Gasteiger partial charge in [-0.1, -0.05) is 32.4 Å². The number of rotatable bonds is 8. The molecule has 1 aromatic rings. The highest BCUT2D eigenvalue weighted by atomic mass is 32.2. The molecule has 3 nitrogen and oxygen atoms in total. The molecular formula is C15H21F3O3S. The van der Waals surface area contributed by atoms with Crippen molar-refractivity contribution in [3.05, 3.63) is 29.8 Å². The van der Waals surface area contributed by atoms with Gasteiger partial charge >= 0.3 is 6.18 Å². The van der Waals surface area contributed by atoms with Crippen LogP contribution in [-0.4, -0.2) is 32.7 Å². The predicted octanol–water partition coefficient (Wildman–Crippen LogP) is 3.95. The van der Waals surface area contributed by atoms with E-state index >= 15 is 0 Å². The molecule has 0 bridgehead atoms. The van der Waals surface area contributed by atoms with Gasteiger partial charge in [-0.2, -0.15) is 13.2 Å². The highest BCUT2D eigenvalue weighted by Crippen LogP contribution is 2.24. The standard InChI is InChI=1S/C15H21F3O3S/c1-3-4-8-22(19,20)10-12(2)13-6-5-7-14(9-13)21-11-15(16,17)18/h5-7,9,12H,3-4,8,10-11H2,1-2H3/t12-/m0/s1. The van der Waals surface area contributed by atoms with E-state index in [9.17, 15) is 21.6 Å². The molecule has 0 saturated heterocycles. The number of unbranched alkanes of at least 4 members (excludes halogenated alkanes) is 1. The lowest BCUT2D eigenvalue weighted by Gasteiger charge is -2.14. The van der Waals surface area contributed by atoms with Crippen LogP contribution in [0.15, 0.2) is 24.3 Å². The first kappa shape index (κ1) is 18.8. The molecule has 0 N–H and O–H groups in total. The summed E-state index contributed by atoms with van der Waals surface area (Å²) in [5.74, 6) is -0.0858. The van der Waals surface area contributed by atoms with Crippen LogP contribution in [0.5, 0.6) is 5.75 Å². The molecule has 0 fully saturated rings. The molecule has 7 heteroatoms. The molecule has 0 aromatic heterocycles. The number of sulfone groups is 1. The number of hydrogen-bond donors (Lipinski definition) is 0. The smallest absolute Gasteiger partial charge is 0.422 e. The van der Waals surface area contributed by atoms with Crippen LogP contribution in [0.2, 0.25) is 0 Å². The average molecular weight is 338 g/mol. The molecule has 0 aliphatic carbocycles. The minimum absolute atomic E-state index is 0.0181. The first-order valence-corrected chi connectivity index (χ1v) is 8.95. The van der Waals surface area contributed by atoms with Gasteiger partial charge in [0.1, 0.15) is 5.75 Å². The number of halogens is 3. The van der Waals surface area contributed by atoms with Crippen LogP contribution in [-0.2, 0) is 9.84 Å². The van der Waals surface area contributed by atoms with Crippen LogP contribution >= 0.6 is 0 Å². The topological polar surface area (TPSA) is 43.4 Å². The van der Waals surface area contributed by atoms with E-state index in [1.807, 2.05) is 6.92 Å². The van der Waals surface area contributed by atoms with Crippen molar-refractivity contribution < 1.29 is 26.3 Å². The van der Waals surface area contributed by atoms with E-state index in [0.717, 1.165) is 6.42 Å². The highest BCUT2D eigenvalue weighted by molar-refractivity contribution is 7.91. The molecule has 0 amide bonds. The fourth-order valence-corrected chi connectivity index (χ4v) is 3.85. The van der Waals surface area contributed by atoms with Gasteiger partial charge in [0.05, 0.1) is 11.5 Å². The summed E-state index contributed by atoms with van der Waals surface area (Å²) >= 11 is 0. The Morgan fingerprint density at radius 3 is 2.55 bits per heavy atom. The predicted molar refractivity (Wildman–Crippen MR) is 80.0 cm³/mol. The molecule has 0 spiro atoms. The molecule has 22 heavy (non-hydrogen) atoms. The molecular weight excluding hydrogens is 317 g/mol. The third-order valence-electron chi connectivity index (χ3n) is 3.14. The fourth-order valence-electron chi connectivity index (χ4n) is 2.00. The van der Waals surface area contributed by atoms with Crippen LogP contribution in [0.1, 0.15) is 38.2 Å². The lowest BCUT2D eigenvalue weighted by Crippen LogP contribution is -2.19. The van der Waals surface area contributed by atoms with Gasteiger partial charge < -0.3 is 4.74 Å². The first-order chi connectivity index (χ1) is 10.1. The third kappa shape index (κ3) is 7.15. The lowest BCUT2D eigenvalue weighted by molar-refractivity contribution is -0.153. The van der Waals surface area contributed by atoms with Crippen LogP contribution in [0, 0.1) is 0 Å². The zero-order valence-corrected chi connectivity index (χ0v) is 13.5. The van der Waals surface area contributed by atoms with E-state index in [-0.39, 0.29) is 23.2 Å². The van der Waals surface area contributed by atoms with Gasteiger partial charge in [-0.25, -0.2) is 8.42 Å². The average Bonchev–Trinajstić information content (AvgIpc) is 2.42. The van der Waals surface area contributed by atoms with Gasteiger partial charge in [0, 0.05) is 0 Å². The van der Waals surface area contributed by atoms with E-state index in [4.69, 9.17) is 0 Å². The normalized spacial score (nSPS) is 13.9. The van der Waals surface area contributed by atoms with Crippen molar-refractivity contribution in [2.45, 2.75) is 38.8 Å². The van der Waals surface area contributed by atoms with Crippen LogP contribution in [0.4, 0.5) is 13.2 Å². The van der Waals surface area contributed by atoms with Crippen molar-refractivity contribution in [1.82, 2.24) is 0 Å². The second kappa shape index (κ2) is 7.85. The van der Waals surface area contributed by atoms with E-state index in [2.05, 4.69) is 4.74 Å². The van der Waals surface area contributed by atoms with Crippen molar-refractivity contribution in [3.8, 4) is 5.75 Å². The number of benzene rings is 1. The monoisotopic (exact) mass is 338 g/mol. The summed E-state index contributed by atoms with van der Waals surface area (Å²) in [5.41, 5.74) is 0.653. The van der Waals surface area contributed by atoms with Crippen molar-refractivity contribution >= 4 is 9.84 Å². The fraction of sp³-hybridized carbons (Fsp3) is 0.600. The maximum Gasteiger partial charge on any atom is 0.422 e. The van der Waals surface area contributed by atoms with Gasteiger partial charge in [-0.3, -0.25) is 0 Å². The van der Waals surface area contributed by atoms with E-state index in [0.29, 0.717) is 12.0 Å². The summed E-state index contributed by atoms with van der Waals surface area (Å²) in [6, 6.07) is 6.15. The maximum atomic E-state index is 12.1. The largest absolute Gasteiger partial charge is 0.484 e. The van der Waals surface area contributed by atoms with Gasteiger partial charge in [-0.05, 0) is 30.0 Å². The minimum atomic E-state index is -4.40. The molecule has 0 saturated carbocycles. The van der Waals surface area contributed by atoms with Crippen LogP contribution < -0.4 is 4.74 Å². The SMILES string of the molecule is CCCCS(=O)(=O)C[C@H](C)c1cccc(OCC(F)(F)F)c1. The van der Waals surface area contributed by atoms with E-state index < -0.39 is 22.6 Å². The molecule has 0 heterocycles. The van der Waals surface area contributed by atoms with Crippen molar-refractivity contribution in [2.75, 3.05) is 18.1 Å². The summed E-state index contributed by atoms with van der Waals surface area (Å²) in [5, 5.41) is 0. The minimum Gasteiger partial charge on any atom is -0.484 e. The third-order valence-corrected chi connectivity index (χ3v) is 5.06. The van der Waals surface area contributed by atoms with Crippen LogP contribution in [0.3, 0.4) is 0 Å². The van der Waals surface area contributed by atoms with Gasteiger partial charge in [0.15, 0.2) is 16.4 Å². The summed E-state index contributed by atoms with van der Waals surface area (Å²) in [4.78, 5) is 0. The Hall–Kier alpha value is -1.24. The first-order valence-electron chi connectivity index (χ1n) is 7.13. The molecule has 1 rings (SSSR count). The lowest BCUT2D eigenvalue weighted by atomic mass is 10.0. The molecule has 0 unspecified atom stereocenters. The molecule has 1 aromatic carbocycles. The number of ether oxygens (including phenoxy) is 1. The van der Waals surface area contributed by atoms with Gasteiger partial charge in [0.2, 0.25) is 0 Å². The molecule has 0 aliphatic rings. The van der Waals surface area contributed by atoms with E-state index in [1.54, 1.807) is 19.1 Å². The summed E-state index contributed by atoms with van der Waals surface area (Å²) in [6.45, 7) is 2.30. The van der Waals surface area contributed by atoms with Crippen molar-refractivity contribution in [3.63, 3.8) is 0 Å². The molecule has 0 radical (unpaired) electrons. The Morgan fingerprint density at radius 1 is 1.27 bits per heavy atom. The van der Waals surface area contributed by atoms with Crippen molar-refractivity contribution in [1.29, 1.82) is 0 Å². The number of alkyl halides is 3. The second-order valence-corrected chi connectivity index (χ2v) is 7.57. The summed E-state index contributed by atoms with van der Waals surface area (Å²) < 4.78 is 65.0. The molecule has 1 atom stereocenters. The zero-order valence-electron chi connectivity index (χ0n) is 12.7. The Kier molecular flexibility index (Phi) is 6.71. The molecule has 0 aliphatic heterocycles. The van der Waals surface area contributed by atoms with Crippen LogP contribution in [0.25, 0.3) is 0 Å². The zero-order chi connectivity index (χ0) is 16.8.